The van der Waals surface area contributed by atoms with Crippen LogP contribution in [0.15, 0.2) is 0 Å². The van der Waals surface area contributed by atoms with E-state index in [4.69, 9.17) is 0 Å². The van der Waals surface area contributed by atoms with Crippen molar-refractivity contribution in [2.24, 2.45) is 5.41 Å². The Morgan fingerprint density at radius 1 is 1.23 bits per heavy atom. The van der Waals surface area contributed by atoms with E-state index >= 15 is 0 Å². The van der Waals surface area contributed by atoms with Gasteiger partial charge < -0.3 is 5.32 Å². The molecule has 2 heteroatoms. The van der Waals surface area contributed by atoms with Crippen LogP contribution in [0.1, 0.15) is 47.5 Å². The summed E-state index contributed by atoms with van der Waals surface area (Å²) in [5.41, 5.74) is -0.171. The van der Waals surface area contributed by atoms with Crippen LogP contribution in [0.5, 0.6) is 0 Å². The summed E-state index contributed by atoms with van der Waals surface area (Å²) in [6.07, 6.45) is 1.51. The lowest BCUT2D eigenvalue weighted by atomic mass is 9.76. The van der Waals surface area contributed by atoms with E-state index in [0.29, 0.717) is 12.2 Å². The fourth-order valence-electron chi connectivity index (χ4n) is 1.77. The van der Waals surface area contributed by atoms with Crippen molar-refractivity contribution >= 4 is 5.78 Å². The predicted octanol–water partition coefficient (Wildman–Crippen LogP) is 2.38. The Morgan fingerprint density at radius 2 is 1.69 bits per heavy atom. The number of rotatable bonds is 5. The zero-order valence-corrected chi connectivity index (χ0v) is 9.82. The van der Waals surface area contributed by atoms with Gasteiger partial charge in [-0.3, -0.25) is 4.79 Å². The van der Waals surface area contributed by atoms with Gasteiger partial charge >= 0.3 is 0 Å². The lowest BCUT2D eigenvalue weighted by Crippen LogP contribution is -2.42. The Kier molecular flexibility index (Phi) is 4.11. The van der Waals surface area contributed by atoms with Crippen molar-refractivity contribution in [1.29, 1.82) is 0 Å². The summed E-state index contributed by atoms with van der Waals surface area (Å²) in [5, 5.41) is 3.22. The molecule has 0 spiro atoms. The Hall–Kier alpha value is -0.370. The minimum Gasteiger partial charge on any atom is -0.315 e. The van der Waals surface area contributed by atoms with E-state index in [0.717, 1.165) is 6.42 Å². The third kappa shape index (κ3) is 3.90. The highest BCUT2D eigenvalue weighted by molar-refractivity contribution is 5.83. The lowest BCUT2D eigenvalue weighted by Gasteiger charge is -2.33. The molecule has 78 valence electrons. The average molecular weight is 185 g/mol. The third-order valence-electron chi connectivity index (χ3n) is 2.64. The average Bonchev–Trinajstić information content (AvgIpc) is 2.01. The van der Waals surface area contributed by atoms with Gasteiger partial charge in [0, 0.05) is 17.4 Å². The van der Waals surface area contributed by atoms with Crippen molar-refractivity contribution < 1.29 is 4.79 Å². The number of nitrogens with one attached hydrogen (secondary N) is 1. The molecule has 2 nitrogen and oxygen atoms in total. The summed E-state index contributed by atoms with van der Waals surface area (Å²) in [4.78, 5) is 11.6. The molecule has 0 rings (SSSR count). The van der Waals surface area contributed by atoms with E-state index in [9.17, 15) is 4.79 Å². The second-order valence-electron chi connectivity index (χ2n) is 4.97. The Bertz CT molecular complexity index is 183. The summed E-state index contributed by atoms with van der Waals surface area (Å²) < 4.78 is 0. The van der Waals surface area contributed by atoms with Crippen LogP contribution >= 0.6 is 0 Å². The first kappa shape index (κ1) is 12.6. The molecule has 1 N–H and O–H groups in total. The van der Waals surface area contributed by atoms with Crippen LogP contribution in [-0.4, -0.2) is 18.4 Å². The monoisotopic (exact) mass is 185 g/mol. The predicted molar refractivity (Wildman–Crippen MR) is 56.8 cm³/mol. The number of ketones is 1. The first-order chi connectivity index (χ1) is 5.75. The minimum atomic E-state index is -0.207. The maximum atomic E-state index is 11.6. The van der Waals surface area contributed by atoms with Crippen LogP contribution in [0.25, 0.3) is 0 Å². The van der Waals surface area contributed by atoms with Crippen molar-refractivity contribution in [3.05, 3.63) is 0 Å². The lowest BCUT2D eigenvalue weighted by molar-refractivity contribution is -0.127. The van der Waals surface area contributed by atoms with E-state index in [1.807, 2.05) is 27.8 Å². The topological polar surface area (TPSA) is 29.1 Å². The van der Waals surface area contributed by atoms with Gasteiger partial charge in [0.25, 0.3) is 0 Å². The first-order valence-electron chi connectivity index (χ1n) is 4.97. The van der Waals surface area contributed by atoms with E-state index in [-0.39, 0.29) is 11.0 Å². The molecule has 0 aromatic rings. The molecule has 0 aliphatic heterocycles. The quantitative estimate of drug-likeness (QED) is 0.712. The molecule has 0 heterocycles. The fraction of sp³-hybridized carbons (Fsp3) is 0.909. The van der Waals surface area contributed by atoms with Crippen molar-refractivity contribution in [1.82, 2.24) is 5.32 Å². The number of Topliss-reactive ketones (excluding diaryl/α,β-unsaturated/α-hetero) is 1. The molecule has 0 fully saturated rings. The van der Waals surface area contributed by atoms with Crippen LogP contribution in [0.3, 0.4) is 0 Å². The number of carbonyl (C=O) groups excluding carboxylic acids is 1. The molecule has 13 heavy (non-hydrogen) atoms. The third-order valence-corrected chi connectivity index (χ3v) is 2.64. The summed E-state index contributed by atoms with van der Waals surface area (Å²) in [5.74, 6) is 0.343. The second-order valence-corrected chi connectivity index (χ2v) is 4.97. The molecule has 0 aliphatic carbocycles. The summed E-state index contributed by atoms with van der Waals surface area (Å²) in [7, 11) is 1.94. The highest BCUT2D eigenvalue weighted by Crippen LogP contribution is 2.29. The molecular weight excluding hydrogens is 162 g/mol. The smallest absolute Gasteiger partial charge is 0.138 e. The molecule has 0 radical (unpaired) electrons. The highest BCUT2D eigenvalue weighted by atomic mass is 16.1. The summed E-state index contributed by atoms with van der Waals surface area (Å²) in [6.45, 7) is 10.2. The number of hydrogen-bond donors (Lipinski definition) is 1. The van der Waals surface area contributed by atoms with E-state index < -0.39 is 0 Å². The molecule has 0 unspecified atom stereocenters. The van der Waals surface area contributed by atoms with Gasteiger partial charge in [-0.25, -0.2) is 0 Å². The fourth-order valence-corrected chi connectivity index (χ4v) is 1.77. The summed E-state index contributed by atoms with van der Waals surface area (Å²) >= 11 is 0. The zero-order valence-electron chi connectivity index (χ0n) is 9.82. The number of hydrogen-bond acceptors (Lipinski definition) is 2. The van der Waals surface area contributed by atoms with Crippen LogP contribution in [0, 0.1) is 5.41 Å². The van der Waals surface area contributed by atoms with Crippen LogP contribution < -0.4 is 5.32 Å². The van der Waals surface area contributed by atoms with Crippen molar-refractivity contribution in [3.8, 4) is 0 Å². The van der Waals surface area contributed by atoms with E-state index in [2.05, 4.69) is 19.2 Å². The molecular formula is C11H23NO. The van der Waals surface area contributed by atoms with Gasteiger partial charge in [-0.1, -0.05) is 20.8 Å². The van der Waals surface area contributed by atoms with Crippen molar-refractivity contribution in [2.45, 2.75) is 53.0 Å². The Morgan fingerprint density at radius 3 is 2.00 bits per heavy atom. The van der Waals surface area contributed by atoms with Gasteiger partial charge in [-0.15, -0.1) is 0 Å². The second kappa shape index (κ2) is 4.23. The number of carbonyl (C=O) groups is 1. The Labute approximate surface area is 82.1 Å². The largest absolute Gasteiger partial charge is 0.315 e. The highest BCUT2D eigenvalue weighted by Gasteiger charge is 2.32. The SMILES string of the molecule is CCC(=O)C(C)(C)CC(C)(C)NC. The van der Waals surface area contributed by atoms with Crippen molar-refractivity contribution in [2.75, 3.05) is 7.05 Å². The first-order valence-corrected chi connectivity index (χ1v) is 4.97. The van der Waals surface area contributed by atoms with Crippen LogP contribution in [0.4, 0.5) is 0 Å². The molecule has 0 amide bonds. The molecule has 0 aromatic heterocycles. The van der Waals surface area contributed by atoms with Crippen molar-refractivity contribution in [3.63, 3.8) is 0 Å². The van der Waals surface area contributed by atoms with Gasteiger partial charge in [-0.2, -0.15) is 0 Å². The zero-order chi connectivity index (χ0) is 10.7. The molecule has 0 saturated carbocycles. The molecule has 0 aliphatic rings. The minimum absolute atomic E-state index is 0.0360. The van der Waals surface area contributed by atoms with Crippen LogP contribution in [-0.2, 0) is 4.79 Å². The standard InChI is InChI=1S/C11H23NO/c1-7-9(13)10(2,3)8-11(4,5)12-6/h12H,7-8H2,1-6H3. The normalized spacial score (nSPS) is 13.1. The van der Waals surface area contributed by atoms with Gasteiger partial charge in [0.05, 0.1) is 0 Å². The van der Waals surface area contributed by atoms with Gasteiger partial charge in [0.1, 0.15) is 5.78 Å². The maximum absolute atomic E-state index is 11.6. The van der Waals surface area contributed by atoms with E-state index in [1.54, 1.807) is 0 Å². The van der Waals surface area contributed by atoms with Gasteiger partial charge in [0.2, 0.25) is 0 Å². The maximum Gasteiger partial charge on any atom is 0.138 e. The molecule has 0 aromatic carbocycles. The van der Waals surface area contributed by atoms with E-state index in [1.165, 1.54) is 0 Å². The molecule has 0 atom stereocenters. The Balaban J connectivity index is 4.41. The van der Waals surface area contributed by atoms with Gasteiger partial charge in [-0.05, 0) is 27.3 Å². The molecule has 0 saturated heterocycles. The van der Waals surface area contributed by atoms with Gasteiger partial charge in [0.15, 0.2) is 0 Å². The summed E-state index contributed by atoms with van der Waals surface area (Å²) in [6, 6.07) is 0. The van der Waals surface area contributed by atoms with Crippen LogP contribution in [0.2, 0.25) is 0 Å². The molecule has 0 bridgehead atoms.